The van der Waals surface area contributed by atoms with E-state index in [1.807, 2.05) is 49.9 Å². The van der Waals surface area contributed by atoms with Gasteiger partial charge in [-0.1, -0.05) is 26.0 Å². The maximum Gasteiger partial charge on any atom is 0.328 e. The first-order valence-electron chi connectivity index (χ1n) is 12.1. The summed E-state index contributed by atoms with van der Waals surface area (Å²) in [5.74, 6) is 2.05. The van der Waals surface area contributed by atoms with Gasteiger partial charge < -0.3 is 15.0 Å². The molecule has 8 heteroatoms. The van der Waals surface area contributed by atoms with Crippen molar-refractivity contribution in [3.63, 3.8) is 0 Å². The monoisotopic (exact) mass is 453 g/mol. The molecule has 8 nitrogen and oxygen atoms in total. The standard InChI is InChI=1S/C25H35N5O3/c1-4-33-25(32)23(17(2)3)28-24-19-7-5-6-8-20(19)26-21(27-24)16-29-11-13-30(14-12-29)22(31)15-18-9-10-18/h5-8,17-18,23H,4,9-16H2,1-3H3,(H,26,27,28)/t23-/m0/s1. The van der Waals surface area contributed by atoms with Crippen LogP contribution in [-0.2, 0) is 20.9 Å². The van der Waals surface area contributed by atoms with E-state index in [4.69, 9.17) is 14.7 Å². The number of carbonyl (C=O) groups excluding carboxylic acids is 2. The highest BCUT2D eigenvalue weighted by Gasteiger charge is 2.29. The third-order valence-corrected chi connectivity index (χ3v) is 6.40. The van der Waals surface area contributed by atoms with Gasteiger partial charge in [0.05, 0.1) is 18.7 Å². The maximum atomic E-state index is 12.5. The quantitative estimate of drug-likeness (QED) is 0.584. The Morgan fingerprint density at radius 3 is 2.52 bits per heavy atom. The average Bonchev–Trinajstić information content (AvgIpc) is 3.61. The second-order valence-electron chi connectivity index (χ2n) is 9.43. The minimum absolute atomic E-state index is 0.0440. The van der Waals surface area contributed by atoms with Gasteiger partial charge in [0.2, 0.25) is 5.91 Å². The molecule has 2 fully saturated rings. The number of nitrogens with one attached hydrogen (secondary N) is 1. The Morgan fingerprint density at radius 1 is 1.12 bits per heavy atom. The van der Waals surface area contributed by atoms with Gasteiger partial charge >= 0.3 is 5.97 Å². The van der Waals surface area contributed by atoms with Crippen LogP contribution in [0.1, 0.15) is 45.9 Å². The van der Waals surface area contributed by atoms with Crippen LogP contribution >= 0.6 is 0 Å². The highest BCUT2D eigenvalue weighted by Crippen LogP contribution is 2.33. The number of rotatable bonds is 9. The summed E-state index contributed by atoms with van der Waals surface area (Å²) in [6.07, 6.45) is 3.12. The zero-order valence-electron chi connectivity index (χ0n) is 19.9. The number of piperazine rings is 1. The number of hydrogen-bond donors (Lipinski definition) is 1. The SMILES string of the molecule is CCOC(=O)[C@@H](Nc1nc(CN2CCN(C(=O)CC3CC3)CC2)nc2ccccc12)C(C)C. The normalized spacial score (nSPS) is 17.9. The van der Waals surface area contributed by atoms with E-state index in [9.17, 15) is 9.59 Å². The zero-order valence-corrected chi connectivity index (χ0v) is 19.9. The van der Waals surface area contributed by atoms with E-state index < -0.39 is 6.04 Å². The van der Waals surface area contributed by atoms with Crippen LogP contribution in [-0.4, -0.2) is 70.5 Å². The van der Waals surface area contributed by atoms with Gasteiger partial charge in [-0.2, -0.15) is 0 Å². The van der Waals surface area contributed by atoms with E-state index in [2.05, 4.69) is 10.2 Å². The molecule has 1 atom stereocenters. The summed E-state index contributed by atoms with van der Waals surface area (Å²) >= 11 is 0. The van der Waals surface area contributed by atoms with Crippen molar-refractivity contribution in [3.8, 4) is 0 Å². The van der Waals surface area contributed by atoms with Crippen molar-refractivity contribution >= 4 is 28.6 Å². The van der Waals surface area contributed by atoms with E-state index >= 15 is 0 Å². The molecule has 1 aliphatic heterocycles. The molecule has 2 aliphatic rings. The van der Waals surface area contributed by atoms with Crippen molar-refractivity contribution in [1.29, 1.82) is 0 Å². The number of hydrogen-bond acceptors (Lipinski definition) is 7. The number of carbonyl (C=O) groups is 2. The number of ether oxygens (including phenoxy) is 1. The summed E-state index contributed by atoms with van der Waals surface area (Å²) in [5.41, 5.74) is 0.842. The molecule has 0 unspecified atom stereocenters. The number of nitrogens with zero attached hydrogens (tertiary/aromatic N) is 4. The molecule has 0 spiro atoms. The van der Waals surface area contributed by atoms with Crippen LogP contribution < -0.4 is 5.32 Å². The third-order valence-electron chi connectivity index (χ3n) is 6.40. The molecule has 33 heavy (non-hydrogen) atoms. The van der Waals surface area contributed by atoms with Gasteiger partial charge in [-0.25, -0.2) is 14.8 Å². The molecule has 2 aromatic rings. The fourth-order valence-electron chi connectivity index (χ4n) is 4.24. The van der Waals surface area contributed by atoms with E-state index in [0.717, 1.165) is 37.1 Å². The summed E-state index contributed by atoms with van der Waals surface area (Å²) in [7, 11) is 0. The van der Waals surface area contributed by atoms with E-state index in [1.165, 1.54) is 12.8 Å². The Balaban J connectivity index is 1.47. The predicted molar refractivity (Wildman–Crippen MR) is 128 cm³/mol. The van der Waals surface area contributed by atoms with Crippen LogP contribution in [0.25, 0.3) is 10.9 Å². The molecule has 1 saturated carbocycles. The maximum absolute atomic E-state index is 12.5. The smallest absolute Gasteiger partial charge is 0.328 e. The fourth-order valence-corrected chi connectivity index (χ4v) is 4.24. The lowest BCUT2D eigenvalue weighted by atomic mass is 10.0. The first-order valence-corrected chi connectivity index (χ1v) is 12.1. The number of amides is 1. The lowest BCUT2D eigenvalue weighted by Crippen LogP contribution is -2.48. The van der Waals surface area contributed by atoms with Crippen LogP contribution in [0.2, 0.25) is 0 Å². The summed E-state index contributed by atoms with van der Waals surface area (Å²) in [4.78, 5) is 38.8. The first kappa shape index (κ1) is 23.4. The van der Waals surface area contributed by atoms with Crippen molar-refractivity contribution in [1.82, 2.24) is 19.8 Å². The molecular weight excluding hydrogens is 418 g/mol. The number of fused-ring (bicyclic) bond motifs is 1. The van der Waals surface area contributed by atoms with Crippen LogP contribution in [0.5, 0.6) is 0 Å². The van der Waals surface area contributed by atoms with Gasteiger partial charge in [0.15, 0.2) is 0 Å². The van der Waals surface area contributed by atoms with Crippen molar-refractivity contribution in [2.24, 2.45) is 11.8 Å². The van der Waals surface area contributed by atoms with Crippen LogP contribution in [0, 0.1) is 11.8 Å². The van der Waals surface area contributed by atoms with Gasteiger partial charge in [0.1, 0.15) is 17.7 Å². The predicted octanol–water partition coefficient (Wildman–Crippen LogP) is 3.07. The summed E-state index contributed by atoms with van der Waals surface area (Å²) in [6.45, 7) is 9.87. The minimum atomic E-state index is -0.489. The second-order valence-corrected chi connectivity index (χ2v) is 9.43. The molecule has 1 aliphatic carbocycles. The number of esters is 1. The van der Waals surface area contributed by atoms with Gasteiger partial charge in [-0.05, 0) is 43.7 Å². The molecule has 1 aromatic carbocycles. The molecule has 1 amide bonds. The van der Waals surface area contributed by atoms with E-state index in [-0.39, 0.29) is 11.9 Å². The lowest BCUT2D eigenvalue weighted by molar-refractivity contribution is -0.145. The Labute approximate surface area is 195 Å². The summed E-state index contributed by atoms with van der Waals surface area (Å²) < 4.78 is 5.27. The molecule has 1 aromatic heterocycles. The number of anilines is 1. The van der Waals surface area contributed by atoms with Crippen LogP contribution in [0.3, 0.4) is 0 Å². The van der Waals surface area contributed by atoms with Crippen molar-refractivity contribution in [2.45, 2.75) is 52.6 Å². The largest absolute Gasteiger partial charge is 0.464 e. The average molecular weight is 454 g/mol. The Bertz CT molecular complexity index is 983. The number of aromatic nitrogens is 2. The zero-order chi connectivity index (χ0) is 23.4. The molecular formula is C25H35N5O3. The highest BCUT2D eigenvalue weighted by atomic mass is 16.5. The van der Waals surface area contributed by atoms with Gasteiger partial charge in [0.25, 0.3) is 0 Å². The van der Waals surface area contributed by atoms with Crippen LogP contribution in [0.15, 0.2) is 24.3 Å². The van der Waals surface area contributed by atoms with Crippen molar-refractivity contribution in [2.75, 3.05) is 38.1 Å². The molecule has 0 bridgehead atoms. The van der Waals surface area contributed by atoms with Gasteiger partial charge in [0, 0.05) is 38.0 Å². The summed E-state index contributed by atoms with van der Waals surface area (Å²) in [5, 5.41) is 4.21. The van der Waals surface area contributed by atoms with E-state index in [0.29, 0.717) is 43.0 Å². The van der Waals surface area contributed by atoms with Gasteiger partial charge in [-0.3, -0.25) is 9.69 Å². The fraction of sp³-hybridized carbons (Fsp3) is 0.600. The molecule has 1 saturated heterocycles. The van der Waals surface area contributed by atoms with E-state index in [1.54, 1.807) is 0 Å². The van der Waals surface area contributed by atoms with Crippen molar-refractivity contribution in [3.05, 3.63) is 30.1 Å². The molecule has 1 N–H and O–H groups in total. The molecule has 2 heterocycles. The first-order chi connectivity index (χ1) is 15.9. The Hall–Kier alpha value is -2.74. The second kappa shape index (κ2) is 10.5. The number of para-hydroxylation sites is 1. The van der Waals surface area contributed by atoms with Crippen LogP contribution in [0.4, 0.5) is 5.82 Å². The highest BCUT2D eigenvalue weighted by molar-refractivity contribution is 5.91. The third kappa shape index (κ3) is 5.99. The number of benzene rings is 1. The topological polar surface area (TPSA) is 87.7 Å². The lowest BCUT2D eigenvalue weighted by Gasteiger charge is -2.34. The Morgan fingerprint density at radius 2 is 1.85 bits per heavy atom. The molecule has 4 rings (SSSR count). The molecule has 0 radical (unpaired) electrons. The Kier molecular flexibility index (Phi) is 7.42. The van der Waals surface area contributed by atoms with Gasteiger partial charge in [-0.15, -0.1) is 0 Å². The molecule has 178 valence electrons. The van der Waals surface area contributed by atoms with Crippen molar-refractivity contribution < 1.29 is 14.3 Å². The summed E-state index contributed by atoms with van der Waals surface area (Å²) in [6, 6.07) is 7.35. The minimum Gasteiger partial charge on any atom is -0.464 e.